The molecule has 0 aromatic rings. The molecule has 0 aromatic heterocycles. The van der Waals surface area contributed by atoms with Crippen molar-refractivity contribution in [3.05, 3.63) is 6.42 Å². The predicted octanol–water partition coefficient (Wildman–Crippen LogP) is 5.22. The van der Waals surface area contributed by atoms with Gasteiger partial charge in [-0.25, -0.2) is 6.42 Å². The number of rotatable bonds is 12. The zero-order valence-electron chi connectivity index (χ0n) is 15.4. The van der Waals surface area contributed by atoms with Crippen molar-refractivity contribution in [2.45, 2.75) is 86.5 Å². The van der Waals surface area contributed by atoms with Gasteiger partial charge in [-0.15, -0.1) is 0 Å². The number of Topliss-reactive ketones (excluding diaryl/α,β-unsaturated/α-hetero) is 1. The molecule has 22 heavy (non-hydrogen) atoms. The van der Waals surface area contributed by atoms with Gasteiger partial charge < -0.3 is 9.53 Å². The number of carbonyl (C=O) groups excluding carboxylic acids is 2. The Bertz CT molecular complexity index is 248. The molecule has 0 spiro atoms. The first-order valence-electron chi connectivity index (χ1n) is 8.87. The number of unbranched alkanes of at least 4 members (excludes halogenated alkanes) is 3. The quantitative estimate of drug-likeness (QED) is 0.189. The minimum atomic E-state index is -0.839. The molecule has 0 saturated carbocycles. The normalized spacial score (nSPS) is 9.50. The van der Waals surface area contributed by atoms with Crippen molar-refractivity contribution in [3.63, 3.8) is 0 Å². The fourth-order valence-corrected chi connectivity index (χ4v) is 11.5. The van der Waals surface area contributed by atoms with Crippen molar-refractivity contribution in [1.29, 1.82) is 0 Å². The summed E-state index contributed by atoms with van der Waals surface area (Å²) in [6.07, 6.45) is 9.77. The number of hydrogen-bond acceptors (Lipinski definition) is 3. The van der Waals surface area contributed by atoms with Gasteiger partial charge in [0, 0.05) is 5.78 Å². The Morgan fingerprint density at radius 1 is 0.864 bits per heavy atom. The number of ether oxygens (including phenoxy) is 1. The molecular formula is C18H36O3Sn. The van der Waals surface area contributed by atoms with Crippen LogP contribution in [-0.2, 0) is 14.3 Å². The van der Waals surface area contributed by atoms with Crippen LogP contribution in [0.1, 0.15) is 73.1 Å². The third-order valence-corrected chi connectivity index (χ3v) is 12.3. The fraction of sp³-hybridized carbons (Fsp3) is 0.833. The van der Waals surface area contributed by atoms with Crippen LogP contribution < -0.4 is 0 Å². The van der Waals surface area contributed by atoms with Gasteiger partial charge in [0.1, 0.15) is 0 Å². The Morgan fingerprint density at radius 3 is 1.55 bits per heavy atom. The van der Waals surface area contributed by atoms with E-state index in [-0.39, 0.29) is 5.78 Å². The van der Waals surface area contributed by atoms with E-state index >= 15 is 0 Å². The molecular weight excluding hydrogens is 383 g/mol. The predicted molar refractivity (Wildman–Crippen MR) is 96.5 cm³/mol. The van der Waals surface area contributed by atoms with Gasteiger partial charge in [0.15, 0.2) is 5.97 Å². The Morgan fingerprint density at radius 2 is 1.27 bits per heavy atom. The molecule has 0 aromatic carbocycles. The number of ketones is 1. The van der Waals surface area contributed by atoms with Gasteiger partial charge in [-0.1, -0.05) is 0 Å². The molecule has 3 nitrogen and oxygen atoms in total. The molecule has 0 fully saturated rings. The molecule has 0 aliphatic heterocycles. The number of carbonyl (C=O) groups is 2. The second-order valence-corrected chi connectivity index (χ2v) is 14.1. The molecule has 0 rings (SSSR count). The average Bonchev–Trinajstić information content (AvgIpc) is 2.46. The van der Waals surface area contributed by atoms with E-state index in [0.717, 1.165) is 6.42 Å². The SMILES string of the molecule is CCC[CH2][Sn+]([CH2]CCC)[CH2]CCC.CCOC(=O)[CH-]C(C)=O. The van der Waals surface area contributed by atoms with Crippen LogP contribution in [0.25, 0.3) is 0 Å². The van der Waals surface area contributed by atoms with Crippen LogP contribution in [0.2, 0.25) is 13.3 Å². The molecule has 0 amide bonds. The van der Waals surface area contributed by atoms with E-state index < -0.39 is 25.7 Å². The minimum Gasteiger partial charge on any atom is -0.488 e. The summed E-state index contributed by atoms with van der Waals surface area (Å²) in [6.45, 7) is 10.3. The van der Waals surface area contributed by atoms with Crippen molar-refractivity contribution in [2.75, 3.05) is 6.61 Å². The van der Waals surface area contributed by atoms with Crippen molar-refractivity contribution < 1.29 is 14.3 Å². The van der Waals surface area contributed by atoms with Crippen LogP contribution >= 0.6 is 0 Å². The van der Waals surface area contributed by atoms with E-state index in [1.165, 1.54) is 45.4 Å². The second-order valence-electron chi connectivity index (χ2n) is 5.57. The van der Waals surface area contributed by atoms with E-state index in [1.54, 1.807) is 20.2 Å². The Hall–Kier alpha value is -0.191. The van der Waals surface area contributed by atoms with Gasteiger partial charge in [0.2, 0.25) is 0 Å². The van der Waals surface area contributed by atoms with Gasteiger partial charge in [-0.2, -0.15) is 0 Å². The van der Waals surface area contributed by atoms with Crippen LogP contribution in [0.3, 0.4) is 0 Å². The van der Waals surface area contributed by atoms with Gasteiger partial charge in [0.25, 0.3) is 0 Å². The summed E-state index contributed by atoms with van der Waals surface area (Å²) in [5, 5.41) is 0. The van der Waals surface area contributed by atoms with Crippen LogP contribution in [0, 0.1) is 6.42 Å². The average molecular weight is 419 g/mol. The molecule has 0 saturated heterocycles. The second kappa shape index (κ2) is 18.9. The summed E-state index contributed by atoms with van der Waals surface area (Å²) in [6, 6.07) is 0. The summed E-state index contributed by atoms with van der Waals surface area (Å²) in [7, 11) is 0. The van der Waals surface area contributed by atoms with E-state index in [1.807, 2.05) is 0 Å². The topological polar surface area (TPSA) is 43.4 Å². The Labute approximate surface area is 145 Å². The third kappa shape index (κ3) is 19.8. The van der Waals surface area contributed by atoms with Crippen LogP contribution in [0.15, 0.2) is 0 Å². The minimum absolute atomic E-state index is 0.284. The Balaban J connectivity index is 0. The first-order chi connectivity index (χ1) is 10.5. The third-order valence-electron chi connectivity index (χ3n) is 3.26. The smallest absolute Gasteiger partial charge is 0.173 e. The molecule has 0 unspecified atom stereocenters. The number of hydrogen-bond donors (Lipinski definition) is 0. The summed E-state index contributed by atoms with van der Waals surface area (Å²) in [5.74, 6) is -0.849. The van der Waals surface area contributed by atoms with E-state index in [9.17, 15) is 9.59 Å². The van der Waals surface area contributed by atoms with Crippen molar-refractivity contribution in [1.82, 2.24) is 0 Å². The van der Waals surface area contributed by atoms with Gasteiger partial charge in [-0.3, -0.25) is 4.79 Å². The number of esters is 1. The first kappa shape index (κ1) is 24.1. The maximum Gasteiger partial charge on any atom is 0.173 e. The first-order valence-corrected chi connectivity index (χ1v) is 14.9. The molecule has 0 heterocycles. The Kier molecular flexibility index (Phi) is 20.6. The van der Waals surface area contributed by atoms with E-state index in [4.69, 9.17) is 0 Å². The van der Waals surface area contributed by atoms with Crippen LogP contribution in [0.5, 0.6) is 0 Å². The monoisotopic (exact) mass is 420 g/mol. The van der Waals surface area contributed by atoms with Gasteiger partial charge >= 0.3 is 92.4 Å². The molecule has 0 aliphatic rings. The van der Waals surface area contributed by atoms with Crippen LogP contribution in [-0.4, -0.2) is 38.1 Å². The van der Waals surface area contributed by atoms with Gasteiger partial charge in [0.05, 0.1) is 6.61 Å². The van der Waals surface area contributed by atoms with Crippen LogP contribution in [0.4, 0.5) is 0 Å². The van der Waals surface area contributed by atoms with Gasteiger partial charge in [-0.05, 0) is 13.8 Å². The maximum atomic E-state index is 10.4. The standard InChI is InChI=1S/C6H9O3.3C4H9.Sn/c1-3-9-6(8)4-5(2)7;3*1-3-4-2;/h4H,3H2,1-2H3;3*1,3-4H2,2H3;/q-1;;;;+1. The van der Waals surface area contributed by atoms with Crippen molar-refractivity contribution >= 4 is 31.5 Å². The molecule has 4 heteroatoms. The molecule has 130 valence electrons. The summed E-state index contributed by atoms with van der Waals surface area (Å²) < 4.78 is 9.48. The zero-order chi connectivity index (χ0) is 17.2. The van der Waals surface area contributed by atoms with Crippen molar-refractivity contribution in [2.24, 2.45) is 0 Å². The largest absolute Gasteiger partial charge is 0.488 e. The maximum absolute atomic E-state index is 10.4. The molecule has 0 radical (unpaired) electrons. The van der Waals surface area contributed by atoms with Crippen molar-refractivity contribution in [3.8, 4) is 0 Å². The molecule has 0 aliphatic carbocycles. The summed E-state index contributed by atoms with van der Waals surface area (Å²) in [4.78, 5) is 20.5. The van der Waals surface area contributed by atoms with E-state index in [2.05, 4.69) is 25.5 Å². The molecule has 0 N–H and O–H groups in total. The zero-order valence-corrected chi connectivity index (χ0v) is 18.2. The van der Waals surface area contributed by atoms with E-state index in [0.29, 0.717) is 6.61 Å². The summed E-state index contributed by atoms with van der Waals surface area (Å²) >= 11 is -0.839. The molecule has 0 bridgehead atoms. The summed E-state index contributed by atoms with van der Waals surface area (Å²) in [5.41, 5.74) is 0. The molecule has 0 atom stereocenters. The fourth-order valence-electron chi connectivity index (χ4n) is 2.01.